The smallest absolute Gasteiger partial charge is 0.355 e. The third kappa shape index (κ3) is 4.34. The first kappa shape index (κ1) is 21.9. The van der Waals surface area contributed by atoms with Crippen LogP contribution in [0.2, 0.25) is 10.0 Å². The Hall–Kier alpha value is -3.33. The van der Waals surface area contributed by atoms with E-state index in [4.69, 9.17) is 34.7 Å². The van der Waals surface area contributed by atoms with Gasteiger partial charge in [-0.2, -0.15) is 4.98 Å². The lowest BCUT2D eigenvalue weighted by molar-refractivity contribution is 0.644. The second kappa shape index (κ2) is 9.04. The third-order valence-corrected chi connectivity index (χ3v) is 5.70. The molecular formula is C22H21Cl2N7O. The van der Waals surface area contributed by atoms with Crippen LogP contribution in [0.15, 0.2) is 58.6 Å². The van der Waals surface area contributed by atoms with Crippen molar-refractivity contribution in [1.29, 1.82) is 0 Å². The highest BCUT2D eigenvalue weighted by molar-refractivity contribution is 6.37. The molecule has 0 unspecified atom stereocenters. The SMILES string of the molecule is C=C(N=Cc1c(N)nc(=O)n(-c2c(Cl)cccc2Cl)c1N)Nc1ccc2c(c1)CNCC2. The first-order valence-corrected chi connectivity index (χ1v) is 10.6. The first-order chi connectivity index (χ1) is 15.3. The number of fused-ring (bicyclic) bond motifs is 1. The molecule has 6 N–H and O–H groups in total. The monoisotopic (exact) mass is 469 g/mol. The fourth-order valence-corrected chi connectivity index (χ4v) is 4.09. The fraction of sp³-hybridized carbons (Fsp3) is 0.136. The largest absolute Gasteiger partial charge is 0.384 e. The highest BCUT2D eigenvalue weighted by Gasteiger charge is 2.18. The predicted molar refractivity (Wildman–Crippen MR) is 131 cm³/mol. The lowest BCUT2D eigenvalue weighted by Gasteiger charge is -2.18. The lowest BCUT2D eigenvalue weighted by atomic mass is 10.0. The number of nitrogens with one attached hydrogen (secondary N) is 2. The molecule has 0 spiro atoms. The summed E-state index contributed by atoms with van der Waals surface area (Å²) in [6.07, 6.45) is 2.40. The average molecular weight is 470 g/mol. The van der Waals surface area contributed by atoms with Crippen molar-refractivity contribution < 1.29 is 0 Å². The van der Waals surface area contributed by atoms with E-state index in [-0.39, 0.29) is 32.9 Å². The third-order valence-electron chi connectivity index (χ3n) is 5.09. The van der Waals surface area contributed by atoms with Gasteiger partial charge in [0.25, 0.3) is 0 Å². The molecule has 0 fully saturated rings. The van der Waals surface area contributed by atoms with Crippen molar-refractivity contribution in [2.45, 2.75) is 13.0 Å². The van der Waals surface area contributed by atoms with Crippen molar-refractivity contribution >= 4 is 46.7 Å². The highest BCUT2D eigenvalue weighted by Crippen LogP contribution is 2.30. The molecule has 0 radical (unpaired) electrons. The molecular weight excluding hydrogens is 449 g/mol. The van der Waals surface area contributed by atoms with E-state index in [0.29, 0.717) is 5.82 Å². The molecule has 1 aliphatic rings. The Morgan fingerprint density at radius 2 is 1.97 bits per heavy atom. The van der Waals surface area contributed by atoms with E-state index in [1.165, 1.54) is 17.3 Å². The van der Waals surface area contributed by atoms with Gasteiger partial charge in [0.05, 0.1) is 21.3 Å². The Labute approximate surface area is 194 Å². The summed E-state index contributed by atoms with van der Waals surface area (Å²) in [5.41, 5.74) is 15.4. The number of nitrogen functional groups attached to an aromatic ring is 2. The van der Waals surface area contributed by atoms with Gasteiger partial charge in [0.15, 0.2) is 0 Å². The zero-order chi connectivity index (χ0) is 22.8. The molecule has 3 aromatic rings. The van der Waals surface area contributed by atoms with Crippen molar-refractivity contribution in [3.05, 3.63) is 86.0 Å². The van der Waals surface area contributed by atoms with E-state index in [2.05, 4.69) is 39.3 Å². The van der Waals surface area contributed by atoms with Gasteiger partial charge in [-0.1, -0.05) is 41.9 Å². The van der Waals surface area contributed by atoms with Gasteiger partial charge < -0.3 is 22.1 Å². The number of hydrogen-bond acceptors (Lipinski definition) is 7. The van der Waals surface area contributed by atoms with Gasteiger partial charge in [0.2, 0.25) is 0 Å². The molecule has 32 heavy (non-hydrogen) atoms. The molecule has 2 aromatic carbocycles. The molecule has 0 atom stereocenters. The topological polar surface area (TPSA) is 123 Å². The minimum absolute atomic E-state index is 0.00825. The van der Waals surface area contributed by atoms with Crippen LogP contribution in [0.3, 0.4) is 0 Å². The molecule has 10 heteroatoms. The van der Waals surface area contributed by atoms with E-state index < -0.39 is 5.69 Å². The van der Waals surface area contributed by atoms with Crippen LogP contribution >= 0.6 is 23.2 Å². The van der Waals surface area contributed by atoms with Crippen LogP contribution in [0, 0.1) is 0 Å². The van der Waals surface area contributed by atoms with Gasteiger partial charge in [-0.25, -0.2) is 14.4 Å². The van der Waals surface area contributed by atoms with Gasteiger partial charge in [0, 0.05) is 18.4 Å². The molecule has 0 saturated heterocycles. The van der Waals surface area contributed by atoms with Gasteiger partial charge in [-0.15, -0.1) is 0 Å². The molecule has 0 bridgehead atoms. The van der Waals surface area contributed by atoms with Crippen LogP contribution in [-0.2, 0) is 13.0 Å². The second-order valence-corrected chi connectivity index (χ2v) is 8.04. The summed E-state index contributed by atoms with van der Waals surface area (Å²) in [7, 11) is 0. The molecule has 2 heterocycles. The van der Waals surface area contributed by atoms with Crippen molar-refractivity contribution in [2.75, 3.05) is 23.3 Å². The number of nitrogens with two attached hydrogens (primary N) is 2. The van der Waals surface area contributed by atoms with E-state index in [1.807, 2.05) is 6.07 Å². The Morgan fingerprint density at radius 1 is 1.22 bits per heavy atom. The number of benzene rings is 2. The van der Waals surface area contributed by atoms with Gasteiger partial charge in [0.1, 0.15) is 17.5 Å². The maximum Gasteiger partial charge on any atom is 0.355 e. The number of para-hydroxylation sites is 1. The summed E-state index contributed by atoms with van der Waals surface area (Å²) in [5, 5.41) is 6.98. The Morgan fingerprint density at radius 3 is 2.72 bits per heavy atom. The van der Waals surface area contributed by atoms with Gasteiger partial charge in [-0.3, -0.25) is 0 Å². The lowest BCUT2D eigenvalue weighted by Crippen LogP contribution is -2.27. The van der Waals surface area contributed by atoms with Crippen molar-refractivity contribution in [1.82, 2.24) is 14.9 Å². The van der Waals surface area contributed by atoms with Crippen molar-refractivity contribution in [3.63, 3.8) is 0 Å². The summed E-state index contributed by atoms with van der Waals surface area (Å²) in [6, 6.07) is 11.0. The molecule has 164 valence electrons. The van der Waals surface area contributed by atoms with Crippen molar-refractivity contribution in [2.24, 2.45) is 4.99 Å². The van der Waals surface area contributed by atoms with Gasteiger partial charge >= 0.3 is 5.69 Å². The van der Waals surface area contributed by atoms with E-state index in [9.17, 15) is 4.79 Å². The Kier molecular flexibility index (Phi) is 6.18. The second-order valence-electron chi connectivity index (χ2n) is 7.22. The van der Waals surface area contributed by atoms with E-state index >= 15 is 0 Å². The molecule has 0 saturated carbocycles. The van der Waals surface area contributed by atoms with Gasteiger partial charge in [-0.05, 0) is 48.4 Å². The van der Waals surface area contributed by atoms with Crippen LogP contribution in [0.5, 0.6) is 0 Å². The molecule has 8 nitrogen and oxygen atoms in total. The van der Waals surface area contributed by atoms with E-state index in [1.54, 1.807) is 18.2 Å². The van der Waals surface area contributed by atoms with Crippen LogP contribution in [-0.4, -0.2) is 22.3 Å². The first-order valence-electron chi connectivity index (χ1n) is 9.80. The highest BCUT2D eigenvalue weighted by atomic mass is 35.5. The predicted octanol–water partition coefficient (Wildman–Crippen LogP) is 3.35. The summed E-state index contributed by atoms with van der Waals surface area (Å²) >= 11 is 12.5. The zero-order valence-electron chi connectivity index (χ0n) is 17.0. The number of nitrogens with zero attached hydrogens (tertiary/aromatic N) is 3. The quantitative estimate of drug-likeness (QED) is 0.424. The molecule has 1 aliphatic heterocycles. The molecule has 0 aliphatic carbocycles. The number of rotatable bonds is 5. The number of hydrogen-bond donors (Lipinski definition) is 4. The standard InChI is InChI=1S/C22H21Cl2N7O/c1-12(29-15-6-5-13-7-8-27-10-14(13)9-15)28-11-16-20(25)30-22(32)31(21(16)26)19-17(23)3-2-4-18(19)24/h2-6,9,11,27,29H,1,7-8,10,26H2,(H2,25,30,32). The number of aromatic nitrogens is 2. The molecule has 4 rings (SSSR count). The van der Waals surface area contributed by atoms with Crippen molar-refractivity contribution in [3.8, 4) is 5.69 Å². The maximum absolute atomic E-state index is 12.5. The number of halogens is 2. The minimum Gasteiger partial charge on any atom is -0.384 e. The molecule has 1 aromatic heterocycles. The summed E-state index contributed by atoms with van der Waals surface area (Å²) in [5.74, 6) is 0.304. The molecule has 0 amide bonds. The Balaban J connectivity index is 1.63. The normalized spacial score (nSPS) is 13.2. The summed E-state index contributed by atoms with van der Waals surface area (Å²) in [4.78, 5) is 20.7. The fourth-order valence-electron chi connectivity index (χ4n) is 3.52. The number of anilines is 3. The summed E-state index contributed by atoms with van der Waals surface area (Å²) in [6.45, 7) is 5.73. The number of aliphatic imine (C=N–C) groups is 1. The zero-order valence-corrected chi connectivity index (χ0v) is 18.5. The average Bonchev–Trinajstić information content (AvgIpc) is 2.75. The van der Waals surface area contributed by atoms with Crippen LogP contribution < -0.4 is 27.8 Å². The maximum atomic E-state index is 12.5. The Bertz CT molecular complexity index is 1280. The summed E-state index contributed by atoms with van der Waals surface area (Å²) < 4.78 is 1.11. The minimum atomic E-state index is -0.702. The van der Waals surface area contributed by atoms with Crippen LogP contribution in [0.1, 0.15) is 16.7 Å². The van der Waals surface area contributed by atoms with Crippen LogP contribution in [0.4, 0.5) is 17.3 Å². The van der Waals surface area contributed by atoms with E-state index in [0.717, 1.165) is 29.8 Å². The van der Waals surface area contributed by atoms with Crippen LogP contribution in [0.25, 0.3) is 5.69 Å².